The quantitative estimate of drug-likeness (QED) is 0.669. The fraction of sp³-hybridized carbons (Fsp3) is 0.400. The van der Waals surface area contributed by atoms with Crippen molar-refractivity contribution in [1.82, 2.24) is 0 Å². The zero-order chi connectivity index (χ0) is 11.7. The molecule has 0 bridgehead atoms. The van der Waals surface area contributed by atoms with E-state index in [4.69, 9.17) is 0 Å². The Bertz CT molecular complexity index is 498. The van der Waals surface area contributed by atoms with E-state index in [0.29, 0.717) is 12.0 Å². The molecule has 0 saturated heterocycles. The minimum absolute atomic E-state index is 0.503. The lowest BCUT2D eigenvalue weighted by atomic mass is 10.1. The Morgan fingerprint density at radius 2 is 1.56 bits per heavy atom. The van der Waals surface area contributed by atoms with Crippen molar-refractivity contribution in [3.05, 3.63) is 42.1 Å². The molecule has 1 aromatic carbocycles. The van der Waals surface area contributed by atoms with Crippen molar-refractivity contribution in [3.8, 4) is 0 Å². The van der Waals surface area contributed by atoms with Crippen LogP contribution in [0.25, 0.3) is 10.9 Å². The Kier molecular flexibility index (Phi) is 2.95. The number of nitrogens with zero attached hydrogens (tertiary/aromatic N) is 1. The van der Waals surface area contributed by atoms with Crippen molar-refractivity contribution < 1.29 is 4.57 Å². The fourth-order valence-corrected chi connectivity index (χ4v) is 2.29. The third-order valence-corrected chi connectivity index (χ3v) is 3.02. The van der Waals surface area contributed by atoms with Crippen LogP contribution in [0.2, 0.25) is 0 Å². The summed E-state index contributed by atoms with van der Waals surface area (Å²) in [4.78, 5) is 0. The van der Waals surface area contributed by atoms with Gasteiger partial charge in [-0.05, 0) is 26.0 Å². The van der Waals surface area contributed by atoms with Crippen molar-refractivity contribution in [2.75, 3.05) is 0 Å². The lowest BCUT2D eigenvalue weighted by molar-refractivity contribution is -0.699. The number of hydrogen-bond acceptors (Lipinski definition) is 0. The first-order valence-corrected chi connectivity index (χ1v) is 6.04. The van der Waals surface area contributed by atoms with E-state index in [1.165, 1.54) is 16.6 Å². The van der Waals surface area contributed by atoms with Gasteiger partial charge in [0.15, 0.2) is 11.7 Å². The average Bonchev–Trinajstić information content (AvgIpc) is 2.27. The molecule has 1 heterocycles. The van der Waals surface area contributed by atoms with Crippen LogP contribution in [0.4, 0.5) is 0 Å². The highest BCUT2D eigenvalue weighted by Gasteiger charge is 2.20. The summed E-state index contributed by atoms with van der Waals surface area (Å²) >= 11 is 0. The molecule has 1 aromatic heterocycles. The Hall–Kier alpha value is -1.37. The van der Waals surface area contributed by atoms with Gasteiger partial charge in [0.2, 0.25) is 5.52 Å². The number of benzene rings is 1. The topological polar surface area (TPSA) is 3.88 Å². The predicted molar refractivity (Wildman–Crippen MR) is 68.6 cm³/mol. The van der Waals surface area contributed by atoms with E-state index in [2.05, 4.69) is 68.7 Å². The van der Waals surface area contributed by atoms with Gasteiger partial charge in [0, 0.05) is 23.4 Å². The molecular formula is C15H20N+. The third-order valence-electron chi connectivity index (χ3n) is 3.02. The van der Waals surface area contributed by atoms with Gasteiger partial charge in [0.05, 0.1) is 0 Å². The summed E-state index contributed by atoms with van der Waals surface area (Å²) in [6.07, 6.45) is 0. The molecule has 0 unspecified atom stereocenters. The van der Waals surface area contributed by atoms with E-state index < -0.39 is 0 Å². The molecule has 2 aromatic rings. The maximum atomic E-state index is 2.44. The lowest BCUT2D eigenvalue weighted by Crippen LogP contribution is -2.41. The van der Waals surface area contributed by atoms with Gasteiger partial charge in [-0.25, -0.2) is 0 Å². The molecule has 0 radical (unpaired) electrons. The Morgan fingerprint density at radius 3 is 2.19 bits per heavy atom. The highest BCUT2D eigenvalue weighted by molar-refractivity contribution is 5.75. The van der Waals surface area contributed by atoms with E-state index in [0.717, 1.165) is 0 Å². The number of pyridine rings is 1. The average molecular weight is 214 g/mol. The number of para-hydroxylation sites is 1. The van der Waals surface area contributed by atoms with Crippen molar-refractivity contribution in [2.24, 2.45) is 0 Å². The minimum atomic E-state index is 0.503. The van der Waals surface area contributed by atoms with Crippen LogP contribution in [0.5, 0.6) is 0 Å². The van der Waals surface area contributed by atoms with Crippen LogP contribution in [-0.4, -0.2) is 0 Å². The smallest absolute Gasteiger partial charge is 0.193 e. The van der Waals surface area contributed by atoms with E-state index in [-0.39, 0.29) is 0 Å². The van der Waals surface area contributed by atoms with Crippen molar-refractivity contribution in [3.63, 3.8) is 0 Å². The Balaban J connectivity index is 2.79. The maximum Gasteiger partial charge on any atom is 0.212 e. The Labute approximate surface area is 97.7 Å². The maximum absolute atomic E-state index is 2.44. The van der Waals surface area contributed by atoms with Gasteiger partial charge in [-0.2, -0.15) is 4.57 Å². The van der Waals surface area contributed by atoms with Crippen molar-refractivity contribution in [2.45, 2.75) is 39.7 Å². The summed E-state index contributed by atoms with van der Waals surface area (Å²) in [5.74, 6) is 0.562. The molecule has 0 fully saturated rings. The number of fused-ring (bicyclic) bond motifs is 1. The van der Waals surface area contributed by atoms with Crippen LogP contribution in [-0.2, 0) is 0 Å². The van der Waals surface area contributed by atoms with Crippen LogP contribution in [0.15, 0.2) is 36.4 Å². The summed E-state index contributed by atoms with van der Waals surface area (Å²) < 4.78 is 2.44. The molecule has 0 aliphatic rings. The lowest BCUT2D eigenvalue weighted by Gasteiger charge is -2.12. The van der Waals surface area contributed by atoms with Crippen LogP contribution in [0, 0.1) is 0 Å². The zero-order valence-corrected chi connectivity index (χ0v) is 10.6. The fourth-order valence-electron chi connectivity index (χ4n) is 2.29. The van der Waals surface area contributed by atoms with Crippen LogP contribution >= 0.6 is 0 Å². The highest BCUT2D eigenvalue weighted by Crippen LogP contribution is 2.18. The summed E-state index contributed by atoms with van der Waals surface area (Å²) in [6.45, 7) is 9.00. The summed E-state index contributed by atoms with van der Waals surface area (Å²) in [7, 11) is 0. The number of hydrogen-bond donors (Lipinski definition) is 0. The second-order valence-corrected chi connectivity index (χ2v) is 4.94. The van der Waals surface area contributed by atoms with Gasteiger partial charge in [-0.3, -0.25) is 0 Å². The number of aromatic nitrogens is 1. The molecule has 0 saturated carbocycles. The molecule has 84 valence electrons. The molecule has 16 heavy (non-hydrogen) atoms. The summed E-state index contributed by atoms with van der Waals surface area (Å²) in [5, 5.41) is 1.32. The summed E-state index contributed by atoms with van der Waals surface area (Å²) in [5.41, 5.74) is 2.75. The van der Waals surface area contributed by atoms with Crippen LogP contribution in [0.3, 0.4) is 0 Å². The predicted octanol–water partition coefficient (Wildman–Crippen LogP) is 3.83. The van der Waals surface area contributed by atoms with Gasteiger partial charge < -0.3 is 0 Å². The molecule has 0 aliphatic heterocycles. The number of rotatable bonds is 2. The van der Waals surface area contributed by atoms with E-state index in [9.17, 15) is 0 Å². The van der Waals surface area contributed by atoms with Gasteiger partial charge in [0.1, 0.15) is 0 Å². The molecule has 0 spiro atoms. The van der Waals surface area contributed by atoms with Gasteiger partial charge in [0.25, 0.3) is 0 Å². The standard InChI is InChI=1S/C15H20N/c1-11(2)14-10-9-13-7-5-6-8-15(13)16(14)12(3)4/h5-12H,1-4H3/q+1. The molecule has 0 N–H and O–H groups in total. The second-order valence-electron chi connectivity index (χ2n) is 4.94. The second kappa shape index (κ2) is 4.25. The third kappa shape index (κ3) is 1.82. The van der Waals surface area contributed by atoms with E-state index >= 15 is 0 Å². The Morgan fingerprint density at radius 1 is 0.875 bits per heavy atom. The highest BCUT2D eigenvalue weighted by atomic mass is 15.0. The SMILES string of the molecule is CC(C)c1ccc2ccccc2[n+]1C(C)C. The molecule has 0 aliphatic carbocycles. The normalized spacial score (nSPS) is 11.6. The van der Waals surface area contributed by atoms with Gasteiger partial charge >= 0.3 is 0 Å². The van der Waals surface area contributed by atoms with Crippen LogP contribution in [0.1, 0.15) is 45.3 Å². The van der Waals surface area contributed by atoms with Gasteiger partial charge in [-0.1, -0.05) is 26.0 Å². The van der Waals surface area contributed by atoms with Crippen LogP contribution < -0.4 is 4.57 Å². The molecule has 0 atom stereocenters. The van der Waals surface area contributed by atoms with E-state index in [1.807, 2.05) is 0 Å². The molecule has 1 heteroatoms. The first-order valence-electron chi connectivity index (χ1n) is 6.04. The summed E-state index contributed by atoms with van der Waals surface area (Å²) in [6, 6.07) is 13.6. The first-order chi connectivity index (χ1) is 7.61. The molecule has 1 nitrogen and oxygen atoms in total. The van der Waals surface area contributed by atoms with Gasteiger partial charge in [-0.15, -0.1) is 0 Å². The molecular weight excluding hydrogens is 194 g/mol. The largest absolute Gasteiger partial charge is 0.212 e. The minimum Gasteiger partial charge on any atom is -0.193 e. The molecule has 0 amide bonds. The monoisotopic (exact) mass is 214 g/mol. The van der Waals surface area contributed by atoms with E-state index in [1.54, 1.807) is 0 Å². The van der Waals surface area contributed by atoms with Crippen molar-refractivity contribution >= 4 is 10.9 Å². The molecule has 2 rings (SSSR count). The first kappa shape index (κ1) is 11.1. The zero-order valence-electron chi connectivity index (χ0n) is 10.6. The van der Waals surface area contributed by atoms with Crippen molar-refractivity contribution in [1.29, 1.82) is 0 Å².